The van der Waals surface area contributed by atoms with Crippen molar-refractivity contribution in [1.29, 1.82) is 0 Å². The first kappa shape index (κ1) is 12.1. The minimum atomic E-state index is -0.961. The molecule has 1 atom stereocenters. The molecule has 4 nitrogen and oxygen atoms in total. The fourth-order valence-corrected chi connectivity index (χ4v) is 0.994. The quantitative estimate of drug-likeness (QED) is 0.683. The monoisotopic (exact) mass is 187 g/mol. The summed E-state index contributed by atoms with van der Waals surface area (Å²) in [5.41, 5.74) is -0.244. The van der Waals surface area contributed by atoms with E-state index in [0.29, 0.717) is 0 Å². The third kappa shape index (κ3) is 6.28. The van der Waals surface area contributed by atoms with E-state index in [9.17, 15) is 9.59 Å². The van der Waals surface area contributed by atoms with Crippen molar-refractivity contribution in [1.82, 2.24) is 5.32 Å². The molecule has 13 heavy (non-hydrogen) atoms. The molecule has 0 saturated carbocycles. The van der Waals surface area contributed by atoms with Crippen molar-refractivity contribution >= 4 is 11.8 Å². The number of Topliss-reactive ketones (excluding diaryl/α,β-unsaturated/α-hetero) is 1. The van der Waals surface area contributed by atoms with Gasteiger partial charge in [-0.05, 0) is 27.7 Å². The van der Waals surface area contributed by atoms with Crippen LogP contribution in [0.3, 0.4) is 0 Å². The molecule has 0 aliphatic carbocycles. The van der Waals surface area contributed by atoms with Gasteiger partial charge in [0.15, 0.2) is 0 Å². The van der Waals surface area contributed by atoms with Gasteiger partial charge in [0.05, 0.1) is 12.5 Å². The maximum atomic E-state index is 11.0. The lowest BCUT2D eigenvalue weighted by molar-refractivity contribution is -0.139. The summed E-state index contributed by atoms with van der Waals surface area (Å²) in [6.07, 6.45) is -0.160. The number of carboxylic acids is 1. The zero-order chi connectivity index (χ0) is 10.6. The molecule has 1 unspecified atom stereocenters. The highest BCUT2D eigenvalue weighted by Gasteiger charge is 2.22. The van der Waals surface area contributed by atoms with Crippen molar-refractivity contribution in [3.8, 4) is 0 Å². The van der Waals surface area contributed by atoms with Gasteiger partial charge in [-0.15, -0.1) is 0 Å². The maximum Gasteiger partial charge on any atom is 0.305 e. The molecule has 0 bridgehead atoms. The minimum Gasteiger partial charge on any atom is -0.481 e. The summed E-state index contributed by atoms with van der Waals surface area (Å²) in [4.78, 5) is 21.4. The molecule has 0 spiro atoms. The normalized spacial score (nSPS) is 13.8. The van der Waals surface area contributed by atoms with Crippen LogP contribution in [-0.4, -0.2) is 28.4 Å². The van der Waals surface area contributed by atoms with E-state index >= 15 is 0 Å². The van der Waals surface area contributed by atoms with Crippen LogP contribution in [0.2, 0.25) is 0 Å². The van der Waals surface area contributed by atoms with E-state index in [0.717, 1.165) is 0 Å². The molecule has 0 heterocycles. The van der Waals surface area contributed by atoms with Crippen LogP contribution in [-0.2, 0) is 9.59 Å². The van der Waals surface area contributed by atoms with Gasteiger partial charge in [0, 0.05) is 5.54 Å². The fraction of sp³-hybridized carbons (Fsp3) is 0.778. The molecule has 2 N–H and O–H groups in total. The maximum absolute atomic E-state index is 11.0. The second-order valence-electron chi connectivity index (χ2n) is 4.16. The van der Waals surface area contributed by atoms with Gasteiger partial charge in [-0.1, -0.05) is 0 Å². The second kappa shape index (κ2) is 4.37. The first-order chi connectivity index (χ1) is 5.72. The number of hydrogen-bond donors (Lipinski definition) is 2. The summed E-state index contributed by atoms with van der Waals surface area (Å²) in [5, 5.41) is 11.5. The highest BCUT2D eigenvalue weighted by molar-refractivity contribution is 5.85. The van der Waals surface area contributed by atoms with Crippen molar-refractivity contribution in [2.75, 3.05) is 0 Å². The number of carbonyl (C=O) groups is 2. The SMILES string of the molecule is CC(=O)C(CC(=O)O)NC(C)(C)C. The minimum absolute atomic E-state index is 0.141. The number of nitrogens with one attached hydrogen (secondary N) is 1. The van der Waals surface area contributed by atoms with Gasteiger partial charge in [-0.3, -0.25) is 9.59 Å². The van der Waals surface area contributed by atoms with Crippen LogP contribution in [0.25, 0.3) is 0 Å². The molecule has 0 radical (unpaired) electrons. The third-order valence-electron chi connectivity index (χ3n) is 1.48. The van der Waals surface area contributed by atoms with Crippen LogP contribution in [0.5, 0.6) is 0 Å². The van der Waals surface area contributed by atoms with E-state index in [-0.39, 0.29) is 17.7 Å². The average Bonchev–Trinajstić information content (AvgIpc) is 1.81. The summed E-state index contributed by atoms with van der Waals surface area (Å²) < 4.78 is 0. The summed E-state index contributed by atoms with van der Waals surface area (Å²) in [6.45, 7) is 7.08. The number of ketones is 1. The molecule has 0 saturated heterocycles. The molecule has 0 rings (SSSR count). The molecule has 0 aliphatic heterocycles. The van der Waals surface area contributed by atoms with Crippen LogP contribution in [0, 0.1) is 0 Å². The Morgan fingerprint density at radius 1 is 1.38 bits per heavy atom. The van der Waals surface area contributed by atoms with E-state index in [1.165, 1.54) is 6.92 Å². The van der Waals surface area contributed by atoms with Crippen molar-refractivity contribution in [2.45, 2.75) is 45.7 Å². The van der Waals surface area contributed by atoms with E-state index < -0.39 is 12.0 Å². The molecule has 0 aromatic carbocycles. The molecule has 4 heteroatoms. The van der Waals surface area contributed by atoms with Crippen LogP contribution in [0.1, 0.15) is 34.1 Å². The Labute approximate surface area is 78.3 Å². The Kier molecular flexibility index (Phi) is 4.07. The number of carbonyl (C=O) groups excluding carboxylic acids is 1. The van der Waals surface area contributed by atoms with Crippen LogP contribution < -0.4 is 5.32 Å². The summed E-state index contributed by atoms with van der Waals surface area (Å²) in [6, 6.07) is -0.586. The molecule has 0 aromatic heterocycles. The first-order valence-electron chi connectivity index (χ1n) is 4.22. The summed E-state index contributed by atoms with van der Waals surface area (Å²) in [5.74, 6) is -1.10. The molecule has 0 amide bonds. The molecule has 76 valence electrons. The lowest BCUT2D eigenvalue weighted by atomic mass is 10.0. The van der Waals surface area contributed by atoms with Gasteiger partial charge in [0.1, 0.15) is 5.78 Å². The van der Waals surface area contributed by atoms with E-state index in [2.05, 4.69) is 5.32 Å². The molecule has 0 aromatic rings. The second-order valence-corrected chi connectivity index (χ2v) is 4.16. The fourth-order valence-electron chi connectivity index (χ4n) is 0.994. The van der Waals surface area contributed by atoms with Crippen LogP contribution >= 0.6 is 0 Å². The smallest absolute Gasteiger partial charge is 0.305 e. The molecule has 0 fully saturated rings. The van der Waals surface area contributed by atoms with Gasteiger partial charge in [-0.2, -0.15) is 0 Å². The summed E-state index contributed by atoms with van der Waals surface area (Å²) >= 11 is 0. The van der Waals surface area contributed by atoms with E-state index in [1.54, 1.807) is 0 Å². The largest absolute Gasteiger partial charge is 0.481 e. The van der Waals surface area contributed by atoms with Gasteiger partial charge < -0.3 is 10.4 Å². The first-order valence-corrected chi connectivity index (χ1v) is 4.22. The standard InChI is InChI=1S/C9H17NO3/c1-6(11)7(5-8(12)13)10-9(2,3)4/h7,10H,5H2,1-4H3,(H,12,13). The van der Waals surface area contributed by atoms with Crippen molar-refractivity contribution in [2.24, 2.45) is 0 Å². The van der Waals surface area contributed by atoms with Crippen molar-refractivity contribution < 1.29 is 14.7 Å². The predicted octanol–water partition coefficient (Wildman–Crippen LogP) is 0.807. The Balaban J connectivity index is 4.27. The van der Waals surface area contributed by atoms with Gasteiger partial charge in [0.25, 0.3) is 0 Å². The molecular formula is C9H17NO3. The zero-order valence-corrected chi connectivity index (χ0v) is 8.55. The van der Waals surface area contributed by atoms with Crippen LogP contribution in [0.15, 0.2) is 0 Å². The Morgan fingerprint density at radius 2 is 1.85 bits per heavy atom. The Hall–Kier alpha value is -0.900. The van der Waals surface area contributed by atoms with Crippen LogP contribution in [0.4, 0.5) is 0 Å². The van der Waals surface area contributed by atoms with Gasteiger partial charge >= 0.3 is 5.97 Å². The van der Waals surface area contributed by atoms with Gasteiger partial charge in [-0.25, -0.2) is 0 Å². The molecular weight excluding hydrogens is 170 g/mol. The van der Waals surface area contributed by atoms with E-state index in [1.807, 2.05) is 20.8 Å². The molecule has 0 aliphatic rings. The summed E-state index contributed by atoms with van der Waals surface area (Å²) in [7, 11) is 0. The van der Waals surface area contributed by atoms with Gasteiger partial charge in [0.2, 0.25) is 0 Å². The van der Waals surface area contributed by atoms with Crippen molar-refractivity contribution in [3.05, 3.63) is 0 Å². The number of rotatable bonds is 4. The predicted molar refractivity (Wildman–Crippen MR) is 49.6 cm³/mol. The highest BCUT2D eigenvalue weighted by atomic mass is 16.4. The zero-order valence-electron chi connectivity index (χ0n) is 8.55. The Bertz CT molecular complexity index is 205. The third-order valence-corrected chi connectivity index (χ3v) is 1.48. The topological polar surface area (TPSA) is 66.4 Å². The number of hydrogen-bond acceptors (Lipinski definition) is 3. The number of carboxylic acid groups (broad SMARTS) is 1. The Morgan fingerprint density at radius 3 is 2.08 bits per heavy atom. The number of aliphatic carboxylic acids is 1. The average molecular weight is 187 g/mol. The van der Waals surface area contributed by atoms with E-state index in [4.69, 9.17) is 5.11 Å². The highest BCUT2D eigenvalue weighted by Crippen LogP contribution is 2.04. The lowest BCUT2D eigenvalue weighted by Crippen LogP contribution is -2.47. The van der Waals surface area contributed by atoms with Crippen molar-refractivity contribution in [3.63, 3.8) is 0 Å². The lowest BCUT2D eigenvalue weighted by Gasteiger charge is -2.25.